The van der Waals surface area contributed by atoms with E-state index in [1.165, 1.54) is 0 Å². The predicted octanol–water partition coefficient (Wildman–Crippen LogP) is 2.17. The second-order valence-electron chi connectivity index (χ2n) is 5.78. The van der Waals surface area contributed by atoms with Gasteiger partial charge in [0, 0.05) is 23.4 Å². The Kier molecular flexibility index (Phi) is 5.69. The maximum Gasteiger partial charge on any atom is 0.244 e. The van der Waals surface area contributed by atoms with Crippen LogP contribution in [0.25, 0.3) is 0 Å². The van der Waals surface area contributed by atoms with Crippen LogP contribution in [0, 0.1) is 0 Å². The molecule has 0 saturated heterocycles. The molecule has 1 aromatic rings. The zero-order chi connectivity index (χ0) is 14.5. The number of nitrogens with one attached hydrogen (secondary N) is 1. The van der Waals surface area contributed by atoms with Crippen molar-refractivity contribution in [3.8, 4) is 0 Å². The summed E-state index contributed by atoms with van der Waals surface area (Å²) < 4.78 is 0. The minimum absolute atomic E-state index is 0.0680. The Labute approximate surface area is 119 Å². The summed E-state index contributed by atoms with van der Waals surface area (Å²) in [6.45, 7) is 7.66. The van der Waals surface area contributed by atoms with E-state index in [9.17, 15) is 4.79 Å². The number of hydrogen-bond donors (Lipinski definition) is 1. The third kappa shape index (κ3) is 5.98. The van der Waals surface area contributed by atoms with Crippen LogP contribution in [-0.2, 0) is 16.8 Å². The van der Waals surface area contributed by atoms with E-state index in [2.05, 4.69) is 31.1 Å². The summed E-state index contributed by atoms with van der Waals surface area (Å²) in [5.41, 5.74) is 0.989. The summed E-state index contributed by atoms with van der Waals surface area (Å²) >= 11 is 1.64. The second kappa shape index (κ2) is 6.82. The van der Waals surface area contributed by atoms with Crippen LogP contribution in [-0.4, -0.2) is 36.4 Å². The van der Waals surface area contributed by atoms with Crippen LogP contribution < -0.4 is 5.32 Å². The SMILES string of the molecule is CN(C)C/C=C/C(=O)NCc1csc(C(C)(C)C)n1. The Morgan fingerprint density at radius 1 is 1.47 bits per heavy atom. The summed E-state index contributed by atoms with van der Waals surface area (Å²) in [5, 5.41) is 5.94. The largest absolute Gasteiger partial charge is 0.347 e. The van der Waals surface area contributed by atoms with Gasteiger partial charge in [0.15, 0.2) is 0 Å². The number of thiazole rings is 1. The summed E-state index contributed by atoms with van der Waals surface area (Å²) in [4.78, 5) is 18.1. The van der Waals surface area contributed by atoms with E-state index in [1.54, 1.807) is 17.4 Å². The van der Waals surface area contributed by atoms with Gasteiger partial charge in [-0.1, -0.05) is 26.8 Å². The Bertz CT molecular complexity index is 444. The quantitative estimate of drug-likeness (QED) is 0.841. The molecule has 0 aromatic carbocycles. The van der Waals surface area contributed by atoms with E-state index in [0.717, 1.165) is 17.2 Å². The number of nitrogens with zero attached hydrogens (tertiary/aromatic N) is 2. The molecule has 0 spiro atoms. The molecule has 0 aliphatic carbocycles. The molecule has 0 radical (unpaired) electrons. The van der Waals surface area contributed by atoms with Gasteiger partial charge in [-0.15, -0.1) is 11.3 Å². The van der Waals surface area contributed by atoms with Crippen LogP contribution in [0.3, 0.4) is 0 Å². The van der Waals surface area contributed by atoms with Gasteiger partial charge < -0.3 is 10.2 Å². The monoisotopic (exact) mass is 281 g/mol. The molecule has 0 fully saturated rings. The van der Waals surface area contributed by atoms with Crippen molar-refractivity contribution >= 4 is 17.2 Å². The summed E-state index contributed by atoms with van der Waals surface area (Å²) in [7, 11) is 3.93. The first kappa shape index (κ1) is 15.9. The molecule has 0 aliphatic rings. The Morgan fingerprint density at radius 3 is 2.68 bits per heavy atom. The lowest BCUT2D eigenvalue weighted by atomic mass is 9.98. The van der Waals surface area contributed by atoms with Crippen LogP contribution in [0.5, 0.6) is 0 Å². The number of carbonyl (C=O) groups excluding carboxylic acids is 1. The molecule has 0 atom stereocenters. The van der Waals surface area contributed by atoms with E-state index in [1.807, 2.05) is 30.5 Å². The molecule has 1 aromatic heterocycles. The molecule has 1 heterocycles. The highest BCUT2D eigenvalue weighted by molar-refractivity contribution is 7.09. The van der Waals surface area contributed by atoms with Crippen molar-refractivity contribution in [2.75, 3.05) is 20.6 Å². The number of carbonyl (C=O) groups is 1. The van der Waals surface area contributed by atoms with Crippen LogP contribution in [0.4, 0.5) is 0 Å². The van der Waals surface area contributed by atoms with Gasteiger partial charge >= 0.3 is 0 Å². The van der Waals surface area contributed by atoms with E-state index in [0.29, 0.717) is 6.54 Å². The van der Waals surface area contributed by atoms with Crippen molar-refractivity contribution in [1.82, 2.24) is 15.2 Å². The van der Waals surface area contributed by atoms with Crippen LogP contribution in [0.2, 0.25) is 0 Å². The molecule has 106 valence electrons. The van der Waals surface area contributed by atoms with Crippen LogP contribution in [0.15, 0.2) is 17.5 Å². The zero-order valence-electron chi connectivity index (χ0n) is 12.4. The third-order valence-electron chi connectivity index (χ3n) is 2.38. The number of amides is 1. The number of likely N-dealkylation sites (N-methyl/N-ethyl adjacent to an activating group) is 1. The lowest BCUT2D eigenvalue weighted by Gasteiger charge is -2.13. The first-order valence-corrected chi connectivity index (χ1v) is 7.21. The molecule has 19 heavy (non-hydrogen) atoms. The van der Waals surface area contributed by atoms with Crippen molar-refractivity contribution in [1.29, 1.82) is 0 Å². The lowest BCUT2D eigenvalue weighted by Crippen LogP contribution is -2.21. The van der Waals surface area contributed by atoms with Gasteiger partial charge in [-0.3, -0.25) is 4.79 Å². The molecule has 1 rings (SSSR count). The average molecular weight is 281 g/mol. The highest BCUT2D eigenvalue weighted by atomic mass is 32.1. The fourth-order valence-electron chi connectivity index (χ4n) is 1.34. The fraction of sp³-hybridized carbons (Fsp3) is 0.571. The van der Waals surface area contributed by atoms with Gasteiger partial charge in [0.05, 0.1) is 17.2 Å². The fourth-order valence-corrected chi connectivity index (χ4v) is 2.25. The molecule has 0 saturated carbocycles. The van der Waals surface area contributed by atoms with E-state index < -0.39 is 0 Å². The van der Waals surface area contributed by atoms with Gasteiger partial charge in [-0.25, -0.2) is 4.98 Å². The molecule has 1 amide bonds. The Hall–Kier alpha value is -1.20. The van der Waals surface area contributed by atoms with Gasteiger partial charge in [-0.2, -0.15) is 0 Å². The maximum absolute atomic E-state index is 11.6. The summed E-state index contributed by atoms with van der Waals surface area (Å²) in [6, 6.07) is 0. The van der Waals surface area contributed by atoms with Crippen molar-refractivity contribution in [2.24, 2.45) is 0 Å². The van der Waals surface area contributed by atoms with Crippen molar-refractivity contribution in [3.05, 3.63) is 28.2 Å². The zero-order valence-corrected chi connectivity index (χ0v) is 13.2. The molecule has 5 heteroatoms. The highest BCUT2D eigenvalue weighted by Gasteiger charge is 2.17. The van der Waals surface area contributed by atoms with Crippen molar-refractivity contribution < 1.29 is 4.79 Å². The molecular formula is C14H23N3OS. The van der Waals surface area contributed by atoms with E-state index in [4.69, 9.17) is 0 Å². The van der Waals surface area contributed by atoms with Gasteiger partial charge in [0.1, 0.15) is 0 Å². The molecule has 1 N–H and O–H groups in total. The lowest BCUT2D eigenvalue weighted by molar-refractivity contribution is -0.116. The van der Waals surface area contributed by atoms with Crippen molar-refractivity contribution in [3.63, 3.8) is 0 Å². The maximum atomic E-state index is 11.6. The first-order chi connectivity index (χ1) is 8.79. The highest BCUT2D eigenvalue weighted by Crippen LogP contribution is 2.25. The van der Waals surface area contributed by atoms with Gasteiger partial charge in [0.25, 0.3) is 0 Å². The summed E-state index contributed by atoms with van der Waals surface area (Å²) in [6.07, 6.45) is 3.41. The molecule has 0 bridgehead atoms. The Balaban J connectivity index is 2.42. The summed E-state index contributed by atoms with van der Waals surface area (Å²) in [5.74, 6) is -0.0767. The van der Waals surface area contributed by atoms with Gasteiger partial charge in [0.2, 0.25) is 5.91 Å². The van der Waals surface area contributed by atoms with E-state index in [-0.39, 0.29) is 11.3 Å². The van der Waals surface area contributed by atoms with Crippen LogP contribution in [0.1, 0.15) is 31.5 Å². The number of aromatic nitrogens is 1. The standard InChI is InChI=1S/C14H23N3OS/c1-14(2,3)13-16-11(10-19-13)9-15-12(18)7-6-8-17(4)5/h6-7,10H,8-9H2,1-5H3,(H,15,18)/b7-6+. The predicted molar refractivity (Wildman–Crippen MR) is 80.4 cm³/mol. The third-order valence-corrected chi connectivity index (χ3v) is 3.69. The number of rotatable bonds is 5. The average Bonchev–Trinajstić information content (AvgIpc) is 2.74. The molecular weight excluding hydrogens is 258 g/mol. The molecule has 0 unspecified atom stereocenters. The van der Waals surface area contributed by atoms with Crippen molar-refractivity contribution in [2.45, 2.75) is 32.7 Å². The molecule has 0 aliphatic heterocycles. The topological polar surface area (TPSA) is 45.2 Å². The minimum atomic E-state index is -0.0767. The smallest absolute Gasteiger partial charge is 0.244 e. The first-order valence-electron chi connectivity index (χ1n) is 6.33. The van der Waals surface area contributed by atoms with Crippen LogP contribution >= 0.6 is 11.3 Å². The Morgan fingerprint density at radius 2 is 2.16 bits per heavy atom. The van der Waals surface area contributed by atoms with E-state index >= 15 is 0 Å². The number of hydrogen-bond acceptors (Lipinski definition) is 4. The molecule has 4 nitrogen and oxygen atoms in total. The minimum Gasteiger partial charge on any atom is -0.347 e. The van der Waals surface area contributed by atoms with Gasteiger partial charge in [-0.05, 0) is 14.1 Å². The second-order valence-corrected chi connectivity index (χ2v) is 6.63. The normalized spacial score (nSPS) is 12.3.